The molecule has 1 N–H and O–H groups in total. The zero-order valence-electron chi connectivity index (χ0n) is 15.0. The van der Waals surface area contributed by atoms with Gasteiger partial charge in [-0.1, -0.05) is 54.1 Å². The molecular weight excluding hydrogens is 358 g/mol. The van der Waals surface area contributed by atoms with Crippen LogP contribution in [0, 0.1) is 0 Å². The summed E-state index contributed by atoms with van der Waals surface area (Å²) < 4.78 is 5.95. The summed E-state index contributed by atoms with van der Waals surface area (Å²) in [5.74, 6) is 0.810. The second-order valence-corrected chi connectivity index (χ2v) is 7.13. The highest BCUT2D eigenvalue weighted by atomic mass is 35.5. The third-order valence-corrected chi connectivity index (χ3v) is 4.88. The van der Waals surface area contributed by atoms with Gasteiger partial charge in [0.1, 0.15) is 5.82 Å². The van der Waals surface area contributed by atoms with Gasteiger partial charge in [-0.25, -0.2) is 4.98 Å². The fourth-order valence-electron chi connectivity index (χ4n) is 3.28. The van der Waals surface area contributed by atoms with Crippen LogP contribution in [0.25, 0.3) is 0 Å². The second kappa shape index (κ2) is 8.53. The smallest absolute Gasteiger partial charge is 0.130 e. The van der Waals surface area contributed by atoms with Crippen LogP contribution in [0.3, 0.4) is 0 Å². The summed E-state index contributed by atoms with van der Waals surface area (Å²) in [5.41, 5.74) is 3.36. The van der Waals surface area contributed by atoms with Gasteiger partial charge >= 0.3 is 0 Å². The van der Waals surface area contributed by atoms with E-state index in [0.717, 1.165) is 37.7 Å². The maximum absolute atomic E-state index is 6.02. The van der Waals surface area contributed by atoms with Crippen molar-refractivity contribution in [1.82, 2.24) is 9.88 Å². The lowest BCUT2D eigenvalue weighted by Gasteiger charge is -2.33. The summed E-state index contributed by atoms with van der Waals surface area (Å²) >= 11 is 6.02. The summed E-state index contributed by atoms with van der Waals surface area (Å²) in [5, 5.41) is 3.98. The lowest BCUT2D eigenvalue weighted by Crippen LogP contribution is -2.37. The minimum atomic E-state index is 0.136. The highest BCUT2D eigenvalue weighted by molar-refractivity contribution is 6.30. The third-order valence-electron chi connectivity index (χ3n) is 4.65. The predicted molar refractivity (Wildman–Crippen MR) is 109 cm³/mol. The van der Waals surface area contributed by atoms with Gasteiger partial charge in [0.05, 0.1) is 12.7 Å². The number of rotatable bonds is 5. The topological polar surface area (TPSA) is 37.4 Å². The molecule has 4 nitrogen and oxygen atoms in total. The number of anilines is 2. The van der Waals surface area contributed by atoms with Gasteiger partial charge in [0, 0.05) is 36.5 Å². The van der Waals surface area contributed by atoms with Crippen LogP contribution >= 0.6 is 11.6 Å². The Hall–Kier alpha value is -2.40. The Bertz CT molecular complexity index is 870. The summed E-state index contributed by atoms with van der Waals surface area (Å²) in [6.07, 6.45) is 2.07. The van der Waals surface area contributed by atoms with Crippen molar-refractivity contribution in [2.45, 2.75) is 12.6 Å². The number of hydrogen-bond donors (Lipinski definition) is 1. The van der Waals surface area contributed by atoms with Crippen LogP contribution in [0.1, 0.15) is 17.2 Å². The van der Waals surface area contributed by atoms with Crippen molar-refractivity contribution < 1.29 is 4.74 Å². The molecule has 0 amide bonds. The maximum Gasteiger partial charge on any atom is 0.130 e. The molecule has 4 rings (SSSR count). The number of morpholine rings is 1. The normalized spacial score (nSPS) is 17.6. The molecule has 5 heteroatoms. The average molecular weight is 380 g/mol. The Kier molecular flexibility index (Phi) is 5.68. The molecule has 0 aliphatic carbocycles. The van der Waals surface area contributed by atoms with Crippen molar-refractivity contribution >= 4 is 23.1 Å². The van der Waals surface area contributed by atoms with Crippen LogP contribution in [0.15, 0.2) is 72.9 Å². The first-order chi connectivity index (χ1) is 13.3. The Morgan fingerprint density at radius 1 is 1.07 bits per heavy atom. The van der Waals surface area contributed by atoms with Gasteiger partial charge in [-0.3, -0.25) is 4.90 Å². The highest BCUT2D eigenvalue weighted by Gasteiger charge is 2.21. The number of aromatic nitrogens is 1. The third kappa shape index (κ3) is 4.86. The monoisotopic (exact) mass is 379 g/mol. The molecule has 138 valence electrons. The molecule has 1 aliphatic heterocycles. The number of hydrogen-bond acceptors (Lipinski definition) is 4. The largest absolute Gasteiger partial charge is 0.371 e. The molecule has 27 heavy (non-hydrogen) atoms. The molecular formula is C22H22ClN3O. The molecule has 3 aromatic rings. The summed E-state index contributed by atoms with van der Waals surface area (Å²) in [4.78, 5) is 6.95. The zero-order valence-corrected chi connectivity index (χ0v) is 15.8. The molecule has 1 aromatic heterocycles. The van der Waals surface area contributed by atoms with E-state index in [2.05, 4.69) is 45.5 Å². The van der Waals surface area contributed by atoms with Crippen molar-refractivity contribution in [3.63, 3.8) is 0 Å². The van der Waals surface area contributed by atoms with Crippen LogP contribution in [0.4, 0.5) is 11.5 Å². The van der Waals surface area contributed by atoms with Gasteiger partial charge < -0.3 is 10.1 Å². The van der Waals surface area contributed by atoms with E-state index >= 15 is 0 Å². The average Bonchev–Trinajstić information content (AvgIpc) is 2.70. The predicted octanol–water partition coefficient (Wildman–Crippen LogP) is 5.05. The first-order valence-corrected chi connectivity index (χ1v) is 9.50. The van der Waals surface area contributed by atoms with Crippen LogP contribution in [0.2, 0.25) is 5.02 Å². The molecule has 1 saturated heterocycles. The number of halogens is 1. The Balaban J connectivity index is 1.36. The molecule has 1 unspecified atom stereocenters. The molecule has 0 spiro atoms. The van der Waals surface area contributed by atoms with Gasteiger partial charge in [-0.05, 0) is 35.4 Å². The molecule has 0 radical (unpaired) electrons. The van der Waals surface area contributed by atoms with Crippen molar-refractivity contribution in [2.24, 2.45) is 0 Å². The number of ether oxygens (including phenoxy) is 1. The van der Waals surface area contributed by atoms with Crippen LogP contribution in [0.5, 0.6) is 0 Å². The molecule has 2 aromatic carbocycles. The summed E-state index contributed by atoms with van der Waals surface area (Å²) in [6.45, 7) is 3.46. The van der Waals surface area contributed by atoms with Gasteiger partial charge in [0.15, 0.2) is 0 Å². The minimum Gasteiger partial charge on any atom is -0.371 e. The second-order valence-electron chi connectivity index (χ2n) is 6.69. The van der Waals surface area contributed by atoms with Crippen LogP contribution in [-0.2, 0) is 11.3 Å². The van der Waals surface area contributed by atoms with Gasteiger partial charge in [-0.2, -0.15) is 0 Å². The van der Waals surface area contributed by atoms with Crippen molar-refractivity contribution in [3.8, 4) is 0 Å². The molecule has 1 atom stereocenters. The van der Waals surface area contributed by atoms with Gasteiger partial charge in [0.25, 0.3) is 0 Å². The quantitative estimate of drug-likeness (QED) is 0.673. The fourth-order valence-corrected chi connectivity index (χ4v) is 3.47. The highest BCUT2D eigenvalue weighted by Crippen LogP contribution is 2.23. The summed E-state index contributed by atoms with van der Waals surface area (Å²) in [7, 11) is 0. The van der Waals surface area contributed by atoms with Crippen molar-refractivity contribution in [1.29, 1.82) is 0 Å². The lowest BCUT2D eigenvalue weighted by atomic mass is 10.1. The number of pyridine rings is 1. The zero-order chi connectivity index (χ0) is 18.5. The Morgan fingerprint density at radius 3 is 2.74 bits per heavy atom. The number of benzene rings is 2. The van der Waals surface area contributed by atoms with E-state index in [1.165, 1.54) is 11.1 Å². The Morgan fingerprint density at radius 2 is 1.96 bits per heavy atom. The Labute approximate surface area is 164 Å². The standard InChI is InChI=1S/C22H22ClN3O/c23-19-7-4-8-20(13-19)25-22-10-9-17(14-24-22)15-26-11-12-27-21(16-26)18-5-2-1-3-6-18/h1-10,13-14,21H,11-12,15-16H2,(H,24,25). The molecule has 0 saturated carbocycles. The molecule has 2 heterocycles. The van der Waals surface area contributed by atoms with E-state index in [1.54, 1.807) is 0 Å². The first-order valence-electron chi connectivity index (χ1n) is 9.13. The van der Waals surface area contributed by atoms with Crippen molar-refractivity contribution in [2.75, 3.05) is 25.0 Å². The number of nitrogens with zero attached hydrogens (tertiary/aromatic N) is 2. The first kappa shape index (κ1) is 18.0. The fraction of sp³-hybridized carbons (Fsp3) is 0.227. The van der Waals surface area contributed by atoms with Crippen LogP contribution < -0.4 is 5.32 Å². The van der Waals surface area contributed by atoms with E-state index in [9.17, 15) is 0 Å². The maximum atomic E-state index is 6.02. The van der Waals surface area contributed by atoms with E-state index in [0.29, 0.717) is 5.02 Å². The molecule has 0 bridgehead atoms. The van der Waals surface area contributed by atoms with Crippen LogP contribution in [-0.4, -0.2) is 29.6 Å². The lowest BCUT2D eigenvalue weighted by molar-refractivity contribution is -0.0329. The van der Waals surface area contributed by atoms with Crippen molar-refractivity contribution in [3.05, 3.63) is 89.1 Å². The van der Waals surface area contributed by atoms with E-state index in [4.69, 9.17) is 16.3 Å². The van der Waals surface area contributed by atoms with E-state index in [-0.39, 0.29) is 6.10 Å². The SMILES string of the molecule is Clc1cccc(Nc2ccc(CN3CCOC(c4ccccc4)C3)cn2)c1. The minimum absolute atomic E-state index is 0.136. The van der Waals surface area contributed by atoms with Gasteiger partial charge in [-0.15, -0.1) is 0 Å². The number of nitrogens with one attached hydrogen (secondary N) is 1. The van der Waals surface area contributed by atoms with Gasteiger partial charge in [0.2, 0.25) is 0 Å². The molecule has 1 fully saturated rings. The molecule has 1 aliphatic rings. The summed E-state index contributed by atoms with van der Waals surface area (Å²) in [6, 6.07) is 22.2. The van der Waals surface area contributed by atoms with E-state index < -0.39 is 0 Å². The van der Waals surface area contributed by atoms with E-state index in [1.807, 2.05) is 42.6 Å².